The van der Waals surface area contributed by atoms with Gasteiger partial charge in [-0.25, -0.2) is 14.4 Å². The molecule has 0 aliphatic heterocycles. The van der Waals surface area contributed by atoms with E-state index in [-0.39, 0.29) is 0 Å². The molecule has 1 aromatic carbocycles. The zero-order valence-corrected chi connectivity index (χ0v) is 13.9. The highest BCUT2D eigenvalue weighted by molar-refractivity contribution is 5.65. The van der Waals surface area contributed by atoms with E-state index in [0.29, 0.717) is 30.4 Å². The van der Waals surface area contributed by atoms with Gasteiger partial charge in [0.1, 0.15) is 0 Å². The normalized spacial score (nSPS) is 10.8. The first-order chi connectivity index (χ1) is 12.1. The lowest BCUT2D eigenvalue weighted by Gasteiger charge is -2.08. The topological polar surface area (TPSA) is 85.1 Å². The van der Waals surface area contributed by atoms with Crippen molar-refractivity contribution in [2.24, 2.45) is 0 Å². The maximum Gasteiger partial charge on any atom is 0.227 e. The number of aromatic hydroxyl groups is 1. The fourth-order valence-electron chi connectivity index (χ4n) is 2.31. The van der Waals surface area contributed by atoms with Crippen LogP contribution < -0.4 is 5.32 Å². The monoisotopic (exact) mass is 343 g/mol. The van der Waals surface area contributed by atoms with Crippen LogP contribution in [0.25, 0.3) is 11.3 Å². The number of nitrogens with one attached hydrogen (secondary N) is 1. The smallest absolute Gasteiger partial charge is 0.227 e. The number of anilines is 2. The highest BCUT2D eigenvalue weighted by Gasteiger charge is 2.10. The molecule has 2 aromatic heterocycles. The standard InChI is InChI=1S/C17H18FN5O2/c1-11-8-19-17(21-13-9-20-23(10-13)5-6-25-2)22-16(11)12-3-4-15(24)14(18)7-12/h3-4,7-10,24H,5-6H2,1-2H3,(H,19,21,22). The van der Waals surface area contributed by atoms with Crippen LogP contribution in [0.4, 0.5) is 16.0 Å². The minimum Gasteiger partial charge on any atom is -0.505 e. The Morgan fingerprint density at radius 3 is 2.92 bits per heavy atom. The average Bonchev–Trinajstić information content (AvgIpc) is 3.04. The van der Waals surface area contributed by atoms with Crippen molar-refractivity contribution in [1.29, 1.82) is 0 Å². The van der Waals surface area contributed by atoms with E-state index in [1.807, 2.05) is 13.1 Å². The summed E-state index contributed by atoms with van der Waals surface area (Å²) in [5.41, 5.74) is 2.69. The summed E-state index contributed by atoms with van der Waals surface area (Å²) >= 11 is 0. The van der Waals surface area contributed by atoms with Gasteiger partial charge in [-0.2, -0.15) is 5.10 Å². The third kappa shape index (κ3) is 3.92. The Bertz CT molecular complexity index is 881. The third-order valence-electron chi connectivity index (χ3n) is 3.61. The number of ether oxygens (including phenoxy) is 1. The number of benzene rings is 1. The Labute approximate surface area is 144 Å². The Morgan fingerprint density at radius 1 is 1.32 bits per heavy atom. The van der Waals surface area contributed by atoms with E-state index in [0.717, 1.165) is 11.3 Å². The predicted molar refractivity (Wildman–Crippen MR) is 91.2 cm³/mol. The van der Waals surface area contributed by atoms with Crippen molar-refractivity contribution in [3.8, 4) is 17.0 Å². The van der Waals surface area contributed by atoms with Gasteiger partial charge in [0.15, 0.2) is 11.6 Å². The number of aryl methyl sites for hydroxylation is 1. The van der Waals surface area contributed by atoms with Crippen LogP contribution in [-0.4, -0.2) is 38.6 Å². The number of nitrogens with zero attached hydrogens (tertiary/aromatic N) is 4. The van der Waals surface area contributed by atoms with Crippen LogP contribution in [0.15, 0.2) is 36.8 Å². The molecule has 0 unspecified atom stereocenters. The molecular weight excluding hydrogens is 325 g/mol. The second kappa shape index (κ2) is 7.27. The number of halogens is 1. The molecule has 3 aromatic rings. The Hall–Kier alpha value is -3.00. The lowest BCUT2D eigenvalue weighted by molar-refractivity contribution is 0.183. The summed E-state index contributed by atoms with van der Waals surface area (Å²) in [6.45, 7) is 3.05. The molecule has 0 saturated heterocycles. The zero-order chi connectivity index (χ0) is 17.8. The van der Waals surface area contributed by atoms with Gasteiger partial charge < -0.3 is 15.2 Å². The van der Waals surface area contributed by atoms with Gasteiger partial charge in [0.2, 0.25) is 5.95 Å². The number of methoxy groups -OCH3 is 1. The molecule has 0 radical (unpaired) electrons. The van der Waals surface area contributed by atoms with Gasteiger partial charge in [0.25, 0.3) is 0 Å². The summed E-state index contributed by atoms with van der Waals surface area (Å²) in [5.74, 6) is -0.706. The van der Waals surface area contributed by atoms with Crippen LogP contribution >= 0.6 is 0 Å². The van der Waals surface area contributed by atoms with Crippen molar-refractivity contribution in [3.63, 3.8) is 0 Å². The van der Waals surface area contributed by atoms with E-state index >= 15 is 0 Å². The summed E-state index contributed by atoms with van der Waals surface area (Å²) in [4.78, 5) is 8.69. The number of rotatable bonds is 6. The molecule has 2 N–H and O–H groups in total. The fraction of sp³-hybridized carbons (Fsp3) is 0.235. The summed E-state index contributed by atoms with van der Waals surface area (Å²) in [5, 5.41) is 16.6. The second-order valence-electron chi connectivity index (χ2n) is 5.50. The predicted octanol–water partition coefficient (Wildman–Crippen LogP) is 2.88. The summed E-state index contributed by atoms with van der Waals surface area (Å²) in [6.07, 6.45) is 5.14. The molecule has 8 heteroatoms. The number of hydrogen-bond acceptors (Lipinski definition) is 6. The van der Waals surface area contributed by atoms with Crippen molar-refractivity contribution >= 4 is 11.6 Å². The molecule has 0 aliphatic rings. The van der Waals surface area contributed by atoms with Crippen molar-refractivity contribution in [2.45, 2.75) is 13.5 Å². The van der Waals surface area contributed by atoms with E-state index in [1.54, 1.807) is 30.3 Å². The molecule has 0 saturated carbocycles. The minimum atomic E-state index is -0.690. The van der Waals surface area contributed by atoms with E-state index in [4.69, 9.17) is 4.74 Å². The molecule has 0 atom stereocenters. The molecule has 25 heavy (non-hydrogen) atoms. The van der Waals surface area contributed by atoms with Gasteiger partial charge in [-0.15, -0.1) is 0 Å². The minimum absolute atomic E-state index is 0.375. The van der Waals surface area contributed by atoms with Gasteiger partial charge >= 0.3 is 0 Å². The molecule has 2 heterocycles. The maximum absolute atomic E-state index is 13.6. The molecule has 7 nitrogen and oxygen atoms in total. The quantitative estimate of drug-likeness (QED) is 0.716. The van der Waals surface area contributed by atoms with Crippen LogP contribution in [0.1, 0.15) is 5.56 Å². The number of phenols is 1. The number of aromatic nitrogens is 4. The largest absolute Gasteiger partial charge is 0.505 e. The molecule has 0 amide bonds. The van der Waals surface area contributed by atoms with E-state index in [1.165, 1.54) is 12.1 Å². The molecule has 0 fully saturated rings. The van der Waals surface area contributed by atoms with Crippen molar-refractivity contribution in [1.82, 2.24) is 19.7 Å². The molecule has 130 valence electrons. The molecule has 0 aliphatic carbocycles. The first-order valence-corrected chi connectivity index (χ1v) is 7.68. The van der Waals surface area contributed by atoms with Gasteiger partial charge in [-0.1, -0.05) is 0 Å². The lowest BCUT2D eigenvalue weighted by Crippen LogP contribution is -2.04. The fourth-order valence-corrected chi connectivity index (χ4v) is 2.31. The Kier molecular flexibility index (Phi) is 4.90. The number of phenolic OH excluding ortho intramolecular Hbond substituents is 1. The summed E-state index contributed by atoms with van der Waals surface area (Å²) in [7, 11) is 1.64. The molecular formula is C17H18FN5O2. The molecule has 3 rings (SSSR count). The average molecular weight is 343 g/mol. The van der Waals surface area contributed by atoms with Gasteiger partial charge in [0.05, 0.1) is 30.7 Å². The molecule has 0 bridgehead atoms. The van der Waals surface area contributed by atoms with Crippen LogP contribution in [-0.2, 0) is 11.3 Å². The van der Waals surface area contributed by atoms with Gasteiger partial charge in [-0.3, -0.25) is 4.68 Å². The van der Waals surface area contributed by atoms with Crippen molar-refractivity contribution in [2.75, 3.05) is 19.0 Å². The third-order valence-corrected chi connectivity index (χ3v) is 3.61. The van der Waals surface area contributed by atoms with Crippen LogP contribution in [0.5, 0.6) is 5.75 Å². The summed E-state index contributed by atoms with van der Waals surface area (Å²) in [6, 6.07) is 4.16. The zero-order valence-electron chi connectivity index (χ0n) is 13.9. The first kappa shape index (κ1) is 16.8. The van der Waals surface area contributed by atoms with Gasteiger partial charge in [-0.05, 0) is 30.7 Å². The maximum atomic E-state index is 13.6. The van der Waals surface area contributed by atoms with E-state index < -0.39 is 11.6 Å². The second-order valence-corrected chi connectivity index (χ2v) is 5.50. The van der Waals surface area contributed by atoms with E-state index in [2.05, 4.69) is 20.4 Å². The van der Waals surface area contributed by atoms with E-state index in [9.17, 15) is 9.50 Å². The Morgan fingerprint density at radius 2 is 2.16 bits per heavy atom. The van der Waals surface area contributed by atoms with Crippen LogP contribution in [0.2, 0.25) is 0 Å². The van der Waals surface area contributed by atoms with Crippen molar-refractivity contribution in [3.05, 3.63) is 48.2 Å². The van der Waals surface area contributed by atoms with Crippen molar-refractivity contribution < 1.29 is 14.2 Å². The number of hydrogen-bond donors (Lipinski definition) is 2. The highest BCUT2D eigenvalue weighted by atomic mass is 19.1. The summed E-state index contributed by atoms with van der Waals surface area (Å²) < 4.78 is 20.4. The first-order valence-electron chi connectivity index (χ1n) is 7.68. The molecule has 0 spiro atoms. The van der Waals surface area contributed by atoms with Crippen LogP contribution in [0.3, 0.4) is 0 Å². The highest BCUT2D eigenvalue weighted by Crippen LogP contribution is 2.26. The lowest BCUT2D eigenvalue weighted by atomic mass is 10.1. The Balaban J connectivity index is 1.83. The van der Waals surface area contributed by atoms with Crippen LogP contribution in [0, 0.1) is 12.7 Å². The SMILES string of the molecule is COCCn1cc(Nc2ncc(C)c(-c3ccc(O)c(F)c3)n2)cn1. The van der Waals surface area contributed by atoms with Gasteiger partial charge in [0, 0.05) is 25.1 Å².